The highest BCUT2D eigenvalue weighted by Crippen LogP contribution is 2.33. The van der Waals surface area contributed by atoms with Crippen LogP contribution in [0.4, 0.5) is 14.5 Å². The van der Waals surface area contributed by atoms with Crippen LogP contribution in [0.2, 0.25) is 0 Å². The third-order valence-corrected chi connectivity index (χ3v) is 4.39. The van der Waals surface area contributed by atoms with Crippen LogP contribution in [0, 0.1) is 11.6 Å². The number of nitrogens with one attached hydrogen (secondary N) is 1. The molecule has 28 heavy (non-hydrogen) atoms. The molecule has 0 aliphatic heterocycles. The zero-order chi connectivity index (χ0) is 20.1. The van der Waals surface area contributed by atoms with Crippen molar-refractivity contribution in [3.8, 4) is 23.0 Å². The fourth-order valence-corrected chi connectivity index (χ4v) is 2.81. The summed E-state index contributed by atoms with van der Waals surface area (Å²) in [6, 6.07) is 8.23. The van der Waals surface area contributed by atoms with Crippen molar-refractivity contribution in [3.05, 3.63) is 48.0 Å². The van der Waals surface area contributed by atoms with E-state index < -0.39 is 17.5 Å². The Labute approximate surface area is 163 Å². The van der Waals surface area contributed by atoms with E-state index in [4.69, 9.17) is 13.9 Å². The molecule has 1 N–H and O–H groups in total. The summed E-state index contributed by atoms with van der Waals surface area (Å²) in [7, 11) is 3.05. The molecule has 3 aromatic rings. The number of anilines is 1. The highest BCUT2D eigenvalue weighted by molar-refractivity contribution is 7.99. The normalized spacial score (nSPS) is 10.6. The zero-order valence-electron chi connectivity index (χ0n) is 14.9. The summed E-state index contributed by atoms with van der Waals surface area (Å²) in [6.45, 7) is 0. The van der Waals surface area contributed by atoms with E-state index >= 15 is 0 Å². The van der Waals surface area contributed by atoms with Gasteiger partial charge in [0.05, 0.1) is 25.5 Å². The van der Waals surface area contributed by atoms with Crippen molar-refractivity contribution < 1.29 is 27.5 Å². The van der Waals surface area contributed by atoms with Gasteiger partial charge in [-0.25, -0.2) is 8.78 Å². The molecular weight excluding hydrogens is 392 g/mol. The third-order valence-electron chi connectivity index (χ3n) is 3.58. The van der Waals surface area contributed by atoms with Crippen molar-refractivity contribution in [1.82, 2.24) is 10.2 Å². The maximum Gasteiger partial charge on any atom is 0.277 e. The van der Waals surface area contributed by atoms with Gasteiger partial charge in [-0.15, -0.1) is 10.2 Å². The van der Waals surface area contributed by atoms with E-state index in [0.29, 0.717) is 17.1 Å². The van der Waals surface area contributed by atoms with Gasteiger partial charge in [-0.3, -0.25) is 4.79 Å². The van der Waals surface area contributed by atoms with Crippen LogP contribution in [-0.4, -0.2) is 36.1 Å². The molecule has 0 fully saturated rings. The van der Waals surface area contributed by atoms with Crippen LogP contribution in [0.15, 0.2) is 46.0 Å². The first-order valence-electron chi connectivity index (χ1n) is 7.93. The lowest BCUT2D eigenvalue weighted by Crippen LogP contribution is -2.14. The van der Waals surface area contributed by atoms with Gasteiger partial charge in [0.25, 0.3) is 11.1 Å². The first kappa shape index (κ1) is 19.6. The molecule has 0 atom stereocenters. The first-order chi connectivity index (χ1) is 13.5. The van der Waals surface area contributed by atoms with E-state index in [1.807, 2.05) is 0 Å². The lowest BCUT2D eigenvalue weighted by molar-refractivity contribution is -0.113. The van der Waals surface area contributed by atoms with Crippen LogP contribution in [0.1, 0.15) is 0 Å². The fraction of sp³-hybridized carbons (Fsp3) is 0.167. The van der Waals surface area contributed by atoms with Crippen LogP contribution < -0.4 is 14.8 Å². The maximum absolute atomic E-state index is 13.2. The van der Waals surface area contributed by atoms with Crippen molar-refractivity contribution >= 4 is 23.4 Å². The number of halogens is 2. The molecule has 3 rings (SSSR count). The largest absolute Gasteiger partial charge is 0.497 e. The Morgan fingerprint density at radius 1 is 1.11 bits per heavy atom. The summed E-state index contributed by atoms with van der Waals surface area (Å²) >= 11 is 1.01. The SMILES string of the molecule is COc1ccc(-c2nnc(SCC(=O)Nc3ccc(F)c(F)c3)o2)c(OC)c1. The van der Waals surface area contributed by atoms with Gasteiger partial charge in [0.2, 0.25) is 5.91 Å². The number of nitrogens with zero attached hydrogens (tertiary/aromatic N) is 2. The number of hydrogen-bond acceptors (Lipinski definition) is 7. The highest BCUT2D eigenvalue weighted by Gasteiger charge is 2.16. The predicted molar refractivity (Wildman–Crippen MR) is 98.5 cm³/mol. The topological polar surface area (TPSA) is 86.5 Å². The second-order valence-electron chi connectivity index (χ2n) is 5.41. The van der Waals surface area contributed by atoms with Gasteiger partial charge >= 0.3 is 0 Å². The molecule has 0 unspecified atom stereocenters. The van der Waals surface area contributed by atoms with Crippen LogP contribution >= 0.6 is 11.8 Å². The van der Waals surface area contributed by atoms with Crippen molar-refractivity contribution in [3.63, 3.8) is 0 Å². The number of aromatic nitrogens is 2. The monoisotopic (exact) mass is 407 g/mol. The second-order valence-corrected chi connectivity index (χ2v) is 6.33. The Bertz CT molecular complexity index is 997. The number of hydrogen-bond donors (Lipinski definition) is 1. The number of carbonyl (C=O) groups excluding carboxylic acids is 1. The predicted octanol–water partition coefficient (Wildman–Crippen LogP) is 3.76. The Morgan fingerprint density at radius 3 is 2.64 bits per heavy atom. The van der Waals surface area contributed by atoms with E-state index in [1.165, 1.54) is 13.2 Å². The maximum atomic E-state index is 13.2. The van der Waals surface area contributed by atoms with Gasteiger partial charge in [0.1, 0.15) is 11.5 Å². The molecule has 1 heterocycles. The minimum atomic E-state index is -1.04. The average molecular weight is 407 g/mol. The van der Waals surface area contributed by atoms with Gasteiger partial charge in [-0.1, -0.05) is 11.8 Å². The number of methoxy groups -OCH3 is 2. The Kier molecular flexibility index (Phi) is 6.09. The summed E-state index contributed by atoms with van der Waals surface area (Å²) in [6.07, 6.45) is 0. The van der Waals surface area contributed by atoms with E-state index in [9.17, 15) is 13.6 Å². The molecule has 0 saturated carbocycles. The van der Waals surface area contributed by atoms with Crippen LogP contribution in [0.5, 0.6) is 11.5 Å². The van der Waals surface area contributed by atoms with Crippen LogP contribution in [0.3, 0.4) is 0 Å². The van der Waals surface area contributed by atoms with Crippen molar-refractivity contribution in [2.45, 2.75) is 5.22 Å². The number of ether oxygens (including phenoxy) is 2. The molecule has 0 bridgehead atoms. The lowest BCUT2D eigenvalue weighted by atomic mass is 10.2. The summed E-state index contributed by atoms with van der Waals surface area (Å²) in [4.78, 5) is 12.0. The second kappa shape index (κ2) is 8.70. The molecule has 1 amide bonds. The van der Waals surface area contributed by atoms with Crippen LogP contribution in [-0.2, 0) is 4.79 Å². The smallest absolute Gasteiger partial charge is 0.277 e. The molecule has 146 valence electrons. The standard InChI is InChI=1S/C18H15F2N3O4S/c1-25-11-4-5-12(15(8-11)26-2)17-22-23-18(27-17)28-9-16(24)21-10-3-6-13(19)14(20)7-10/h3-8H,9H2,1-2H3,(H,21,24). The molecule has 0 spiro atoms. The molecular formula is C18H15F2N3O4S. The van der Waals surface area contributed by atoms with Crippen LogP contribution in [0.25, 0.3) is 11.5 Å². The minimum absolute atomic E-state index is 0.0552. The van der Waals surface area contributed by atoms with E-state index in [1.54, 1.807) is 25.3 Å². The van der Waals surface area contributed by atoms with Gasteiger partial charge in [0.15, 0.2) is 11.6 Å². The van der Waals surface area contributed by atoms with E-state index in [-0.39, 0.29) is 22.6 Å². The third kappa shape index (κ3) is 4.58. The number of carbonyl (C=O) groups is 1. The van der Waals surface area contributed by atoms with Crippen molar-refractivity contribution in [2.24, 2.45) is 0 Å². The Hall–Kier alpha value is -3.14. The van der Waals surface area contributed by atoms with Gasteiger partial charge < -0.3 is 19.2 Å². The van der Waals surface area contributed by atoms with Gasteiger partial charge in [0, 0.05) is 17.8 Å². The Morgan fingerprint density at radius 2 is 1.93 bits per heavy atom. The van der Waals surface area contributed by atoms with Gasteiger partial charge in [-0.2, -0.15) is 0 Å². The number of thioether (sulfide) groups is 1. The molecule has 0 aliphatic carbocycles. The molecule has 0 aliphatic rings. The van der Waals surface area contributed by atoms with E-state index in [0.717, 1.165) is 23.9 Å². The first-order valence-corrected chi connectivity index (χ1v) is 8.92. The van der Waals surface area contributed by atoms with Gasteiger partial charge in [-0.05, 0) is 24.3 Å². The molecule has 0 radical (unpaired) electrons. The number of benzene rings is 2. The summed E-state index contributed by atoms with van der Waals surface area (Å²) in [5.41, 5.74) is 0.729. The number of rotatable bonds is 7. The fourth-order valence-electron chi connectivity index (χ4n) is 2.25. The lowest BCUT2D eigenvalue weighted by Gasteiger charge is -2.07. The number of amides is 1. The molecule has 10 heteroatoms. The van der Waals surface area contributed by atoms with E-state index in [2.05, 4.69) is 15.5 Å². The highest BCUT2D eigenvalue weighted by atomic mass is 32.2. The summed E-state index contributed by atoms with van der Waals surface area (Å²) < 4.78 is 42.1. The summed E-state index contributed by atoms with van der Waals surface area (Å²) in [5.74, 6) is -1.18. The molecule has 0 saturated heterocycles. The van der Waals surface area contributed by atoms with Crippen molar-refractivity contribution in [1.29, 1.82) is 0 Å². The molecule has 2 aromatic carbocycles. The quantitative estimate of drug-likeness (QED) is 0.597. The Balaban J connectivity index is 1.63. The molecule has 7 nitrogen and oxygen atoms in total. The zero-order valence-corrected chi connectivity index (χ0v) is 15.7. The molecule has 1 aromatic heterocycles. The summed E-state index contributed by atoms with van der Waals surface area (Å²) in [5, 5.41) is 10.5. The average Bonchev–Trinajstić information content (AvgIpc) is 3.17. The minimum Gasteiger partial charge on any atom is -0.497 e. The van der Waals surface area contributed by atoms with Crippen molar-refractivity contribution in [2.75, 3.05) is 25.3 Å².